The van der Waals surface area contributed by atoms with Gasteiger partial charge in [0.2, 0.25) is 0 Å². The van der Waals surface area contributed by atoms with Gasteiger partial charge in [-0.1, -0.05) is 238 Å². The number of fused-ring (bicyclic) bond motifs is 7. The van der Waals surface area contributed by atoms with Crippen molar-refractivity contribution in [3.8, 4) is 34.1 Å². The Morgan fingerprint density at radius 1 is 0.402 bits per heavy atom. The van der Waals surface area contributed by atoms with Gasteiger partial charge in [0.15, 0.2) is 8.07 Å². The molecule has 0 bridgehead atoms. The Kier molecular flexibility index (Phi) is 15.2. The number of ether oxygens (including phenoxy) is 1. The Hall–Kier alpha value is -9.52. The fourth-order valence-electron chi connectivity index (χ4n) is 13.7. The Bertz CT molecular complexity index is 4910. The van der Waals surface area contributed by atoms with Crippen LogP contribution in [0.4, 0.5) is 22.7 Å². The molecule has 15 rings (SSSR count). The standard InChI is InChI=1S/C84H72N5OSi.Pt/c1-82(2,3)58-46-47-85-80(52-58)89-77-45-42-62(88-75-39-21-19-36-71(75)72-37-20-22-40-76(72)88)54-74(77)73-44-43-65(55-79(73)89)90-64-28-24-27-61(53-64)86-56-87(63-50-59(83(4,5)6)49-60(51-63)84(7,8)9)81-70(38-25-41-78(81)86)57-26-23-35-69(48-57)91(66-29-13-10-14-30-66,67-31-15-11-16-32-67)68-33-17-12-18-34-68;/h10-52,54,56H,1-9H3;/q-3;. The molecule has 0 N–H and O–H groups in total. The number of nitrogens with zero attached hydrogens (tertiary/aromatic N) is 5. The van der Waals surface area contributed by atoms with Gasteiger partial charge in [-0.3, -0.25) is 0 Å². The van der Waals surface area contributed by atoms with Crippen LogP contribution in [0.1, 0.15) is 79.0 Å². The number of para-hydroxylation sites is 3. The van der Waals surface area contributed by atoms with Crippen LogP contribution in [0.2, 0.25) is 0 Å². The zero-order valence-corrected chi connectivity index (χ0v) is 56.7. The van der Waals surface area contributed by atoms with Gasteiger partial charge in [0.25, 0.3) is 0 Å². The summed E-state index contributed by atoms with van der Waals surface area (Å²) in [7, 11) is -2.87. The third-order valence-electron chi connectivity index (χ3n) is 18.4. The van der Waals surface area contributed by atoms with Crippen LogP contribution in [0.5, 0.6) is 11.5 Å². The quantitative estimate of drug-likeness (QED) is 0.0735. The van der Waals surface area contributed by atoms with Crippen LogP contribution in [-0.4, -0.2) is 22.2 Å². The molecule has 0 unspecified atom stereocenters. The number of hydrogen-bond acceptors (Lipinski definition) is 4. The molecule has 0 atom stereocenters. The van der Waals surface area contributed by atoms with E-state index >= 15 is 0 Å². The molecular formula is C84H72N5OPtSi-3. The molecule has 1 aliphatic heterocycles. The van der Waals surface area contributed by atoms with Crippen molar-refractivity contribution in [2.75, 3.05) is 9.80 Å². The fraction of sp³-hybridized carbons (Fsp3) is 0.143. The Morgan fingerprint density at radius 3 is 1.58 bits per heavy atom. The number of pyridine rings is 1. The molecule has 6 nitrogen and oxygen atoms in total. The second kappa shape index (κ2) is 23.3. The monoisotopic (exact) mass is 1390 g/mol. The number of hydrogen-bond donors (Lipinski definition) is 0. The van der Waals surface area contributed by atoms with Crippen molar-refractivity contribution in [3.05, 3.63) is 303 Å². The summed E-state index contributed by atoms with van der Waals surface area (Å²) in [6.07, 6.45) is 1.93. The van der Waals surface area contributed by atoms with Gasteiger partial charge in [-0.2, -0.15) is 12.1 Å². The first-order valence-corrected chi connectivity index (χ1v) is 33.7. The first-order valence-electron chi connectivity index (χ1n) is 31.7. The summed E-state index contributed by atoms with van der Waals surface area (Å²) in [4.78, 5) is 9.75. The second-order valence-corrected chi connectivity index (χ2v) is 31.2. The van der Waals surface area contributed by atoms with Crippen LogP contribution in [0.25, 0.3) is 66.2 Å². The average molecular weight is 1390 g/mol. The predicted octanol–water partition coefficient (Wildman–Crippen LogP) is 19.0. The number of aromatic nitrogens is 3. The van der Waals surface area contributed by atoms with Crippen LogP contribution < -0.4 is 35.3 Å². The van der Waals surface area contributed by atoms with Crippen molar-refractivity contribution in [1.82, 2.24) is 14.1 Å². The Morgan fingerprint density at radius 2 is 0.957 bits per heavy atom. The molecule has 11 aromatic carbocycles. The van der Waals surface area contributed by atoms with Crippen molar-refractivity contribution in [2.45, 2.75) is 78.6 Å². The van der Waals surface area contributed by atoms with Crippen LogP contribution in [0.15, 0.2) is 267 Å². The van der Waals surface area contributed by atoms with Gasteiger partial charge in [-0.15, -0.1) is 48.1 Å². The molecule has 4 heterocycles. The van der Waals surface area contributed by atoms with Crippen molar-refractivity contribution >= 4 is 95.2 Å². The van der Waals surface area contributed by atoms with Gasteiger partial charge in [-0.25, -0.2) is 4.98 Å². The van der Waals surface area contributed by atoms with Crippen LogP contribution in [-0.2, 0) is 37.3 Å². The van der Waals surface area contributed by atoms with E-state index in [0.29, 0.717) is 11.5 Å². The van der Waals surface area contributed by atoms with Crippen molar-refractivity contribution < 1.29 is 25.8 Å². The maximum Gasteiger partial charge on any atom is 0.179 e. The summed E-state index contributed by atoms with van der Waals surface area (Å²) in [6, 6.07) is 103. The number of rotatable bonds is 11. The fourth-order valence-corrected chi connectivity index (χ4v) is 18.5. The van der Waals surface area contributed by atoms with E-state index in [9.17, 15) is 0 Å². The van der Waals surface area contributed by atoms with Crippen LogP contribution in [0.3, 0.4) is 0 Å². The van der Waals surface area contributed by atoms with Gasteiger partial charge < -0.3 is 23.7 Å². The molecule has 0 aliphatic carbocycles. The van der Waals surface area contributed by atoms with E-state index in [-0.39, 0.29) is 37.3 Å². The normalized spacial score (nSPS) is 12.9. The summed E-state index contributed by atoms with van der Waals surface area (Å²) in [5, 5.41) is 9.92. The molecule has 0 saturated carbocycles. The third kappa shape index (κ3) is 10.5. The molecule has 3 aromatic heterocycles. The van der Waals surface area contributed by atoms with Gasteiger partial charge in [0, 0.05) is 83.4 Å². The molecule has 14 aromatic rings. The van der Waals surface area contributed by atoms with Gasteiger partial charge in [-0.05, 0) is 125 Å². The molecule has 456 valence electrons. The minimum Gasteiger partial charge on any atom is -0.509 e. The van der Waals surface area contributed by atoms with Crippen LogP contribution >= 0.6 is 0 Å². The van der Waals surface area contributed by atoms with Gasteiger partial charge in [0.1, 0.15) is 5.82 Å². The summed E-state index contributed by atoms with van der Waals surface area (Å²) < 4.78 is 11.6. The van der Waals surface area contributed by atoms with E-state index in [2.05, 4.69) is 349 Å². The van der Waals surface area contributed by atoms with Crippen LogP contribution in [0, 0.1) is 18.8 Å². The molecule has 1 aliphatic rings. The maximum atomic E-state index is 6.98. The average Bonchev–Trinajstić information content (AvgIpc) is 1.33. The first kappa shape index (κ1) is 60.1. The molecule has 0 fully saturated rings. The molecule has 0 saturated heterocycles. The molecular weight excluding hydrogens is 1320 g/mol. The molecule has 8 heteroatoms. The first-order chi connectivity index (χ1) is 44.0. The van der Waals surface area contributed by atoms with Crippen molar-refractivity contribution in [3.63, 3.8) is 0 Å². The maximum absolute atomic E-state index is 6.98. The van der Waals surface area contributed by atoms with Gasteiger partial charge in [0.05, 0.1) is 11.0 Å². The van der Waals surface area contributed by atoms with E-state index in [1.807, 2.05) is 18.3 Å². The Labute approximate surface area is 556 Å². The summed E-state index contributed by atoms with van der Waals surface area (Å²) in [5.74, 6) is 1.97. The van der Waals surface area contributed by atoms with E-state index in [1.165, 1.54) is 59.2 Å². The van der Waals surface area contributed by atoms with Crippen molar-refractivity contribution in [1.29, 1.82) is 0 Å². The zero-order valence-electron chi connectivity index (χ0n) is 53.4. The summed E-state index contributed by atoms with van der Waals surface area (Å²) >= 11 is 0. The molecule has 92 heavy (non-hydrogen) atoms. The van der Waals surface area contributed by atoms with Crippen molar-refractivity contribution in [2.24, 2.45) is 0 Å². The Balaban J connectivity index is 0.00000735. The van der Waals surface area contributed by atoms with E-state index in [1.54, 1.807) is 0 Å². The van der Waals surface area contributed by atoms with Gasteiger partial charge >= 0.3 is 0 Å². The van der Waals surface area contributed by atoms with E-state index in [4.69, 9.17) is 9.72 Å². The number of benzene rings is 11. The molecule has 0 amide bonds. The smallest absolute Gasteiger partial charge is 0.179 e. The topological polar surface area (TPSA) is 38.5 Å². The summed E-state index contributed by atoms with van der Waals surface area (Å²) in [6.45, 7) is 22.9. The largest absolute Gasteiger partial charge is 0.509 e. The minimum absolute atomic E-state index is 0. The predicted molar refractivity (Wildman–Crippen MR) is 384 cm³/mol. The second-order valence-electron chi connectivity index (χ2n) is 27.4. The third-order valence-corrected chi connectivity index (χ3v) is 23.2. The zero-order chi connectivity index (χ0) is 62.4. The van der Waals surface area contributed by atoms with E-state index < -0.39 is 8.07 Å². The number of anilines is 4. The summed E-state index contributed by atoms with van der Waals surface area (Å²) in [5.41, 5.74) is 15.1. The SMILES string of the molecule is CC(C)(C)c1cc(N2[CH-]N(c3[c-]c(Oc4[c-]c5c(cc4)c4cc(-n6c7ccccc7c7ccccc76)ccc4n5-c4cc(C(C)(C)C)ccn4)ccc3)c3cccc(-c4cccc([Si](c5ccccc5)(c5ccccc5)c5ccccc5)c4)c32)cc(C(C)(C)C)c1.[Pt]. The van der Waals surface area contributed by atoms with E-state index in [0.717, 1.165) is 67.2 Å². The molecule has 0 spiro atoms. The molecule has 0 radical (unpaired) electrons. The minimum atomic E-state index is -2.87.